The van der Waals surface area contributed by atoms with Crippen LogP contribution in [0.5, 0.6) is 0 Å². The number of benzene rings is 2. The first-order valence-corrected chi connectivity index (χ1v) is 22.4. The second kappa shape index (κ2) is 17.0. The van der Waals surface area contributed by atoms with Crippen LogP contribution in [-0.2, 0) is 23.1 Å². The van der Waals surface area contributed by atoms with E-state index >= 15 is 0 Å². The molecule has 0 aliphatic rings. The van der Waals surface area contributed by atoms with Crippen molar-refractivity contribution in [1.82, 2.24) is 0 Å². The fourth-order valence-electron chi connectivity index (χ4n) is 6.24. The van der Waals surface area contributed by atoms with Crippen LogP contribution in [0.4, 0.5) is 0 Å². The standard InChI is InChI=1S/C40H68O6Si2/c1-29(27-45-48(40(10,11)12,32-22-18-16-19-23-32)33-24-20-17-21-25-33)36(46-47(14,15)39(7,8)9)31(3)37(44-28-43-13)30(2)34(41)26-35(42)38(4,5)6/h16-25,29-31,34,36-37,41H,26-28H2,1-15H3/t29-,30+,31-,34+,36+,37-/m1/s1/i26D/t26-,29-,30+,31-,34+,36+,37-. The summed E-state index contributed by atoms with van der Waals surface area (Å²) in [4.78, 5) is 13.1. The fraction of sp³-hybridized carbons (Fsp3) is 0.675. The molecule has 0 saturated heterocycles. The minimum Gasteiger partial charge on any atom is -0.413 e. The molecule has 0 bridgehead atoms. The van der Waals surface area contributed by atoms with Crippen molar-refractivity contribution in [1.29, 1.82) is 0 Å². The van der Waals surface area contributed by atoms with Gasteiger partial charge in [-0.25, -0.2) is 0 Å². The average Bonchev–Trinajstić information content (AvgIpc) is 3.02. The van der Waals surface area contributed by atoms with E-state index in [9.17, 15) is 9.90 Å². The van der Waals surface area contributed by atoms with Crippen molar-refractivity contribution in [2.24, 2.45) is 23.2 Å². The van der Waals surface area contributed by atoms with Crippen LogP contribution < -0.4 is 10.4 Å². The number of aliphatic hydroxyl groups is 1. The first kappa shape index (κ1) is 40.8. The van der Waals surface area contributed by atoms with Crippen LogP contribution in [-0.4, -0.2) is 66.3 Å². The largest absolute Gasteiger partial charge is 0.413 e. The van der Waals surface area contributed by atoms with E-state index in [1.54, 1.807) is 27.9 Å². The predicted octanol–water partition coefficient (Wildman–Crippen LogP) is 8.22. The Morgan fingerprint density at radius 2 is 1.27 bits per heavy atom. The summed E-state index contributed by atoms with van der Waals surface area (Å²) < 4.78 is 35.2. The van der Waals surface area contributed by atoms with Crippen molar-refractivity contribution in [2.75, 3.05) is 20.5 Å². The van der Waals surface area contributed by atoms with Crippen molar-refractivity contribution in [3.8, 4) is 0 Å². The molecule has 0 saturated carbocycles. The van der Waals surface area contributed by atoms with Crippen molar-refractivity contribution in [2.45, 2.75) is 131 Å². The van der Waals surface area contributed by atoms with Crippen molar-refractivity contribution >= 4 is 32.8 Å². The Hall–Kier alpha value is -1.66. The zero-order chi connectivity index (χ0) is 37.6. The second-order valence-corrected chi connectivity index (χ2v) is 26.4. The molecule has 0 amide bonds. The van der Waals surface area contributed by atoms with Gasteiger partial charge in [-0.05, 0) is 33.5 Å². The molecule has 0 radical (unpaired) electrons. The van der Waals surface area contributed by atoms with Crippen molar-refractivity contribution in [3.05, 3.63) is 60.7 Å². The highest BCUT2D eigenvalue weighted by atomic mass is 28.4. The molecule has 0 aliphatic heterocycles. The number of ether oxygens (including phenoxy) is 2. The SMILES string of the molecule is [2H][C@@H](C(=O)C(C)(C)C)[C@H](O)[C@H](C)[C@@H](OCOC)[C@H](C)[C@@H](O[Si](C)(C)C(C)(C)C)[C@H](C)CO[Si](c1ccccc1)(c1ccccc1)C(C)(C)C. The van der Waals surface area contributed by atoms with Crippen molar-refractivity contribution in [3.63, 3.8) is 0 Å². The van der Waals surface area contributed by atoms with E-state index in [0.29, 0.717) is 6.61 Å². The third-order valence-corrected chi connectivity index (χ3v) is 19.8. The van der Waals surface area contributed by atoms with Gasteiger partial charge < -0.3 is 23.4 Å². The van der Waals surface area contributed by atoms with Gasteiger partial charge in [-0.2, -0.15) is 0 Å². The molecular weight excluding hydrogens is 633 g/mol. The van der Waals surface area contributed by atoms with Crippen LogP contribution in [0.3, 0.4) is 0 Å². The summed E-state index contributed by atoms with van der Waals surface area (Å²) in [7, 11) is -3.57. The highest BCUT2D eigenvalue weighted by molar-refractivity contribution is 6.99. The molecule has 0 unspecified atom stereocenters. The van der Waals surface area contributed by atoms with Crippen LogP contribution >= 0.6 is 0 Å². The van der Waals surface area contributed by atoms with Gasteiger partial charge in [-0.15, -0.1) is 0 Å². The van der Waals surface area contributed by atoms with Gasteiger partial charge in [0, 0.05) is 44.7 Å². The molecule has 2 aromatic carbocycles. The van der Waals surface area contributed by atoms with E-state index in [4.69, 9.17) is 19.7 Å². The lowest BCUT2D eigenvalue weighted by atomic mass is 9.79. The lowest BCUT2D eigenvalue weighted by molar-refractivity contribution is -0.148. The van der Waals surface area contributed by atoms with E-state index in [1.165, 1.54) is 10.4 Å². The fourth-order valence-corrected chi connectivity index (χ4v) is 12.4. The summed E-state index contributed by atoms with van der Waals surface area (Å²) in [6.07, 6.45) is -3.39. The van der Waals surface area contributed by atoms with Crippen LogP contribution in [0.1, 0.15) is 90.9 Å². The van der Waals surface area contributed by atoms with Gasteiger partial charge in [-0.1, -0.05) is 144 Å². The molecule has 0 spiro atoms. The number of hydrogen-bond acceptors (Lipinski definition) is 6. The third kappa shape index (κ3) is 10.4. The second-order valence-electron chi connectivity index (χ2n) is 17.3. The molecular formula is C40H68O6Si2. The molecule has 8 heteroatoms. The normalized spacial score (nSPS) is 18.3. The maximum Gasteiger partial charge on any atom is 0.261 e. The Bertz CT molecular complexity index is 1250. The Labute approximate surface area is 297 Å². The molecule has 0 aliphatic carbocycles. The van der Waals surface area contributed by atoms with E-state index < -0.39 is 46.6 Å². The Balaban J connectivity index is 2.65. The van der Waals surface area contributed by atoms with Gasteiger partial charge in [0.15, 0.2) is 8.32 Å². The number of rotatable bonds is 17. The summed E-state index contributed by atoms with van der Waals surface area (Å²) in [5.41, 5.74) is -0.748. The zero-order valence-electron chi connectivity index (χ0n) is 33.7. The number of Topliss-reactive ketones (excluding diaryl/α,β-unsaturated/α-hetero) is 1. The minimum absolute atomic E-state index is 0.0156. The molecule has 2 rings (SSSR count). The lowest BCUT2D eigenvalue weighted by Crippen LogP contribution is -2.67. The maximum absolute atomic E-state index is 13.1. The molecule has 6 nitrogen and oxygen atoms in total. The number of aliphatic hydroxyl groups excluding tert-OH is 1. The Kier molecular flexibility index (Phi) is 14.5. The van der Waals surface area contributed by atoms with Crippen LogP contribution in [0, 0.1) is 23.2 Å². The molecule has 0 aromatic heterocycles. The summed E-state index contributed by atoms with van der Waals surface area (Å²) in [5, 5.41) is 13.7. The van der Waals surface area contributed by atoms with E-state index in [0.717, 1.165) is 0 Å². The number of carbonyl (C=O) groups excluding carboxylic acids is 1. The highest BCUT2D eigenvalue weighted by Crippen LogP contribution is 2.42. The van der Waals surface area contributed by atoms with Gasteiger partial charge in [0.1, 0.15) is 12.6 Å². The smallest absolute Gasteiger partial charge is 0.261 e. The number of ketones is 1. The molecule has 7 atom stereocenters. The number of methoxy groups -OCH3 is 1. The Morgan fingerprint density at radius 1 is 0.792 bits per heavy atom. The van der Waals surface area contributed by atoms with Crippen LogP contribution in [0.15, 0.2) is 60.7 Å². The average molecular weight is 702 g/mol. The number of carbonyl (C=O) groups is 1. The molecule has 2 aromatic rings. The molecule has 48 heavy (non-hydrogen) atoms. The van der Waals surface area contributed by atoms with Crippen LogP contribution in [0.2, 0.25) is 23.2 Å². The molecule has 272 valence electrons. The predicted molar refractivity (Wildman–Crippen MR) is 205 cm³/mol. The lowest BCUT2D eigenvalue weighted by Gasteiger charge is -2.47. The van der Waals surface area contributed by atoms with E-state index in [2.05, 4.69) is 129 Å². The van der Waals surface area contributed by atoms with Crippen LogP contribution in [0.25, 0.3) is 0 Å². The van der Waals surface area contributed by atoms with Gasteiger partial charge >= 0.3 is 0 Å². The number of hydrogen-bond donors (Lipinski definition) is 1. The van der Waals surface area contributed by atoms with Gasteiger partial charge in [-0.3, -0.25) is 4.79 Å². The minimum atomic E-state index is -2.82. The maximum atomic E-state index is 13.1. The summed E-state index contributed by atoms with van der Waals surface area (Å²) in [5.74, 6) is -1.14. The molecule has 0 fully saturated rings. The first-order valence-electron chi connectivity index (χ1n) is 18.2. The topological polar surface area (TPSA) is 74.2 Å². The summed E-state index contributed by atoms with van der Waals surface area (Å²) in [6, 6.07) is 21.3. The third-order valence-electron chi connectivity index (χ3n) is 10.3. The summed E-state index contributed by atoms with van der Waals surface area (Å²) >= 11 is 0. The van der Waals surface area contributed by atoms with Crippen molar-refractivity contribution < 1.29 is 29.6 Å². The highest BCUT2D eigenvalue weighted by Gasteiger charge is 2.51. The van der Waals surface area contributed by atoms with Gasteiger partial charge in [0.05, 0.1) is 18.3 Å². The van der Waals surface area contributed by atoms with Gasteiger partial charge in [0.2, 0.25) is 0 Å². The molecule has 1 N–H and O–H groups in total. The monoisotopic (exact) mass is 701 g/mol. The van der Waals surface area contributed by atoms with E-state index in [-0.39, 0.29) is 40.6 Å². The summed E-state index contributed by atoms with van der Waals surface area (Å²) in [6.45, 7) is 30.0. The zero-order valence-corrected chi connectivity index (χ0v) is 34.7. The first-order chi connectivity index (χ1) is 22.4. The molecule has 0 heterocycles. The quantitative estimate of drug-likeness (QED) is 0.132. The van der Waals surface area contributed by atoms with E-state index in [1.807, 2.05) is 6.92 Å². The van der Waals surface area contributed by atoms with Gasteiger partial charge in [0.25, 0.3) is 8.32 Å². The Morgan fingerprint density at radius 3 is 1.67 bits per heavy atom.